The maximum absolute atomic E-state index is 5.83. The number of rotatable bonds is 1. The highest BCUT2D eigenvalue weighted by atomic mass is 16.3. The predicted octanol–water partition coefficient (Wildman–Crippen LogP) is 1.31. The Morgan fingerprint density at radius 2 is 2.26 bits per heavy atom. The fraction of sp³-hybridized carbons (Fsp3) is 0.0833. The van der Waals surface area contributed by atoms with Crippen molar-refractivity contribution in [1.82, 2.24) is 14.8 Å². The number of nitrogens with zero attached hydrogens (tertiary/aromatic N) is 4. The highest BCUT2D eigenvalue weighted by Gasteiger charge is 2.26. The summed E-state index contributed by atoms with van der Waals surface area (Å²) in [5.74, 6) is 1.79. The molecule has 0 fully saturated rings. The molecule has 1 aliphatic rings. The van der Waals surface area contributed by atoms with Gasteiger partial charge in [-0.05, 0) is 24.3 Å². The van der Waals surface area contributed by atoms with Gasteiger partial charge in [0.1, 0.15) is 5.82 Å². The van der Waals surface area contributed by atoms with Crippen LogP contribution in [0, 0.1) is 0 Å². The van der Waals surface area contributed by atoms with E-state index in [1.807, 2.05) is 24.3 Å². The van der Waals surface area contributed by atoms with Crippen LogP contribution in [0.4, 0.5) is 5.82 Å². The summed E-state index contributed by atoms with van der Waals surface area (Å²) in [5, 5.41) is 8.37. The van der Waals surface area contributed by atoms with Crippen molar-refractivity contribution >= 4 is 22.8 Å². The van der Waals surface area contributed by atoms with Crippen LogP contribution in [0.5, 0.6) is 0 Å². The average Bonchev–Trinajstić information content (AvgIpc) is 3.05. The summed E-state index contributed by atoms with van der Waals surface area (Å²) in [4.78, 5) is 8.56. The number of pyridine rings is 1. The van der Waals surface area contributed by atoms with E-state index < -0.39 is 6.17 Å². The van der Waals surface area contributed by atoms with E-state index in [-0.39, 0.29) is 0 Å². The molecule has 0 bridgehead atoms. The summed E-state index contributed by atoms with van der Waals surface area (Å²) < 4.78 is 7.13. The molecule has 0 saturated carbocycles. The molecule has 0 saturated heterocycles. The maximum atomic E-state index is 5.83. The molecule has 0 radical (unpaired) electrons. The van der Waals surface area contributed by atoms with E-state index in [0.29, 0.717) is 17.4 Å². The average molecular weight is 254 g/mol. The molecule has 3 N–H and O–H groups in total. The van der Waals surface area contributed by atoms with Crippen LogP contribution >= 0.6 is 0 Å². The third-order valence-corrected chi connectivity index (χ3v) is 3.01. The number of nitrogens with two attached hydrogens (primary N) is 1. The first-order valence-corrected chi connectivity index (χ1v) is 5.80. The van der Waals surface area contributed by atoms with E-state index in [2.05, 4.69) is 20.4 Å². The molecule has 4 heterocycles. The zero-order valence-electron chi connectivity index (χ0n) is 9.82. The Balaban J connectivity index is 1.98. The van der Waals surface area contributed by atoms with Crippen molar-refractivity contribution in [1.29, 1.82) is 0 Å². The molecule has 94 valence electrons. The summed E-state index contributed by atoms with van der Waals surface area (Å²) >= 11 is 0. The van der Waals surface area contributed by atoms with Gasteiger partial charge >= 0.3 is 0 Å². The van der Waals surface area contributed by atoms with Gasteiger partial charge in [-0.2, -0.15) is 0 Å². The molecule has 0 aliphatic carbocycles. The molecule has 19 heavy (non-hydrogen) atoms. The van der Waals surface area contributed by atoms with Crippen LogP contribution in [-0.2, 0) is 0 Å². The van der Waals surface area contributed by atoms with Gasteiger partial charge in [0.2, 0.25) is 6.17 Å². The second-order valence-corrected chi connectivity index (χ2v) is 4.20. The number of fused-ring (bicyclic) bond motifs is 3. The van der Waals surface area contributed by atoms with Crippen LogP contribution in [0.3, 0.4) is 0 Å². The van der Waals surface area contributed by atoms with Crippen molar-refractivity contribution in [3.63, 3.8) is 0 Å². The number of guanidine groups is 1. The van der Waals surface area contributed by atoms with Crippen molar-refractivity contribution < 1.29 is 4.42 Å². The molecule has 0 spiro atoms. The van der Waals surface area contributed by atoms with E-state index in [1.165, 1.54) is 0 Å². The third-order valence-electron chi connectivity index (χ3n) is 3.01. The fourth-order valence-electron chi connectivity index (χ4n) is 2.20. The fourth-order valence-corrected chi connectivity index (χ4v) is 2.20. The number of furan rings is 1. The summed E-state index contributed by atoms with van der Waals surface area (Å²) in [5.41, 5.74) is 6.48. The van der Waals surface area contributed by atoms with Crippen LogP contribution in [0.25, 0.3) is 11.0 Å². The molecule has 3 aromatic heterocycles. The highest BCUT2D eigenvalue weighted by molar-refractivity contribution is 6.00. The molecule has 1 aliphatic heterocycles. The molecular formula is C12H10N6O. The third kappa shape index (κ3) is 1.41. The molecule has 0 unspecified atom stereocenters. The van der Waals surface area contributed by atoms with Crippen molar-refractivity contribution in [2.45, 2.75) is 6.17 Å². The lowest BCUT2D eigenvalue weighted by Crippen LogP contribution is -2.31. The molecule has 3 aromatic rings. The first-order chi connectivity index (χ1) is 9.33. The Morgan fingerprint density at radius 1 is 1.32 bits per heavy atom. The number of hydrogen-bond donors (Lipinski definition) is 2. The van der Waals surface area contributed by atoms with Gasteiger partial charge in [0, 0.05) is 6.20 Å². The Morgan fingerprint density at radius 3 is 3.11 bits per heavy atom. The van der Waals surface area contributed by atoms with Crippen LogP contribution in [0.2, 0.25) is 0 Å². The molecule has 7 nitrogen and oxygen atoms in total. The summed E-state index contributed by atoms with van der Waals surface area (Å²) in [6, 6.07) is 7.45. The highest BCUT2D eigenvalue weighted by Crippen LogP contribution is 2.31. The van der Waals surface area contributed by atoms with E-state index in [4.69, 9.17) is 10.2 Å². The van der Waals surface area contributed by atoms with Gasteiger partial charge < -0.3 is 15.5 Å². The Bertz CT molecular complexity index is 773. The van der Waals surface area contributed by atoms with Gasteiger partial charge in [-0.1, -0.05) is 0 Å². The monoisotopic (exact) mass is 254 g/mol. The van der Waals surface area contributed by atoms with Crippen LogP contribution in [-0.4, -0.2) is 20.7 Å². The topological polar surface area (TPSA) is 94.3 Å². The lowest BCUT2D eigenvalue weighted by molar-refractivity contribution is 0.416. The predicted molar refractivity (Wildman–Crippen MR) is 69.6 cm³/mol. The number of hydrogen-bond acceptors (Lipinski definition) is 6. The zero-order valence-corrected chi connectivity index (χ0v) is 9.82. The normalized spacial score (nSPS) is 17.9. The van der Waals surface area contributed by atoms with Crippen molar-refractivity contribution in [2.75, 3.05) is 5.32 Å². The molecule has 7 heteroatoms. The Hall–Kier alpha value is -2.83. The van der Waals surface area contributed by atoms with E-state index in [9.17, 15) is 0 Å². The molecule has 0 amide bonds. The second kappa shape index (κ2) is 3.58. The van der Waals surface area contributed by atoms with Crippen LogP contribution in [0.15, 0.2) is 46.1 Å². The van der Waals surface area contributed by atoms with Crippen molar-refractivity contribution in [3.8, 4) is 0 Å². The first kappa shape index (κ1) is 10.1. The van der Waals surface area contributed by atoms with Gasteiger partial charge in [0.05, 0.1) is 11.6 Å². The molecular weight excluding hydrogens is 244 g/mol. The van der Waals surface area contributed by atoms with Crippen LogP contribution < -0.4 is 11.1 Å². The van der Waals surface area contributed by atoms with Gasteiger partial charge in [-0.3, -0.25) is 0 Å². The Kier molecular flexibility index (Phi) is 1.91. The van der Waals surface area contributed by atoms with Gasteiger partial charge in [0.15, 0.2) is 17.4 Å². The molecule has 0 aromatic carbocycles. The SMILES string of the molecule is NC1=N[C@H](c2ccco2)n2nc3ncccc3c2N1. The number of aromatic nitrogens is 3. The van der Waals surface area contributed by atoms with Crippen molar-refractivity contribution in [3.05, 3.63) is 42.5 Å². The summed E-state index contributed by atoms with van der Waals surface area (Å²) in [7, 11) is 0. The minimum Gasteiger partial charge on any atom is -0.465 e. The number of nitrogens with one attached hydrogen (secondary N) is 1. The molecule has 1 atom stereocenters. The summed E-state index contributed by atoms with van der Waals surface area (Å²) in [6.45, 7) is 0. The van der Waals surface area contributed by atoms with Gasteiger partial charge in [-0.15, -0.1) is 5.10 Å². The zero-order chi connectivity index (χ0) is 12.8. The smallest absolute Gasteiger partial charge is 0.205 e. The summed E-state index contributed by atoms with van der Waals surface area (Å²) in [6.07, 6.45) is 2.90. The second-order valence-electron chi connectivity index (χ2n) is 4.20. The lowest BCUT2D eigenvalue weighted by Gasteiger charge is -2.20. The molecule has 4 rings (SSSR count). The standard InChI is InChI=1S/C12H10N6O/c13-12-15-10-7-3-1-5-14-9(7)17-18(10)11(16-12)8-4-2-6-19-8/h1-6,11H,(H3,13,15,16)/t11-/m0/s1. The van der Waals surface area contributed by atoms with Gasteiger partial charge in [-0.25, -0.2) is 14.7 Å². The van der Waals surface area contributed by atoms with E-state index in [0.717, 1.165) is 11.2 Å². The lowest BCUT2D eigenvalue weighted by atomic mass is 10.3. The Labute approximate surface area is 107 Å². The van der Waals surface area contributed by atoms with Crippen LogP contribution in [0.1, 0.15) is 11.9 Å². The van der Waals surface area contributed by atoms with E-state index >= 15 is 0 Å². The minimum atomic E-state index is -0.402. The largest absolute Gasteiger partial charge is 0.465 e. The van der Waals surface area contributed by atoms with E-state index in [1.54, 1.807) is 17.1 Å². The number of anilines is 1. The quantitative estimate of drug-likeness (QED) is 0.682. The minimum absolute atomic E-state index is 0.333. The maximum Gasteiger partial charge on any atom is 0.205 e. The number of aliphatic imine (C=N–C) groups is 1. The van der Waals surface area contributed by atoms with Crippen molar-refractivity contribution in [2.24, 2.45) is 10.7 Å². The first-order valence-electron chi connectivity index (χ1n) is 5.80. The van der Waals surface area contributed by atoms with Gasteiger partial charge in [0.25, 0.3) is 0 Å².